The molecule has 2 amide bonds. The van der Waals surface area contributed by atoms with Gasteiger partial charge in [-0.3, -0.25) is 4.79 Å². The maximum absolute atomic E-state index is 13.7. The van der Waals surface area contributed by atoms with Crippen molar-refractivity contribution in [2.75, 3.05) is 33.2 Å². The van der Waals surface area contributed by atoms with Crippen LogP contribution in [-0.4, -0.2) is 60.5 Å². The van der Waals surface area contributed by atoms with Gasteiger partial charge in [0.15, 0.2) is 0 Å². The summed E-state index contributed by atoms with van der Waals surface area (Å²) >= 11 is 1.51. The van der Waals surface area contributed by atoms with Crippen molar-refractivity contribution in [3.63, 3.8) is 0 Å². The van der Waals surface area contributed by atoms with Gasteiger partial charge in [0.05, 0.1) is 32.7 Å². The van der Waals surface area contributed by atoms with Crippen molar-refractivity contribution in [3.8, 4) is 0 Å². The van der Waals surface area contributed by atoms with Crippen molar-refractivity contribution < 1.29 is 22.9 Å². The third-order valence-corrected chi connectivity index (χ3v) is 7.81. The summed E-state index contributed by atoms with van der Waals surface area (Å²) in [5, 5.41) is 6.90. The van der Waals surface area contributed by atoms with Crippen molar-refractivity contribution in [2.45, 2.75) is 18.0 Å². The number of urea groups is 1. The number of Topliss-reactive ketones (excluding diaryl/α,β-unsaturated/α-hetero) is 1. The van der Waals surface area contributed by atoms with Gasteiger partial charge in [0.25, 0.3) is 0 Å². The van der Waals surface area contributed by atoms with Crippen molar-refractivity contribution in [2.24, 2.45) is 0 Å². The average Bonchev–Trinajstić information content (AvgIpc) is 3.54. The Kier molecular flexibility index (Phi) is 5.73. The van der Waals surface area contributed by atoms with Crippen LogP contribution in [0.1, 0.15) is 27.9 Å². The molecule has 5 rings (SSSR count). The summed E-state index contributed by atoms with van der Waals surface area (Å²) in [5.74, 6) is -0.612. The zero-order chi connectivity index (χ0) is 23.9. The number of nitrogens with one attached hydrogen (secondary N) is 1. The van der Waals surface area contributed by atoms with Crippen molar-refractivity contribution in [3.05, 3.63) is 93.7 Å². The normalized spacial score (nSPS) is 23.8. The zero-order valence-corrected chi connectivity index (χ0v) is 19.7. The minimum Gasteiger partial charge on any atom is -0.323 e. The summed E-state index contributed by atoms with van der Waals surface area (Å²) in [6, 6.07) is 13.7. The van der Waals surface area contributed by atoms with Crippen molar-refractivity contribution in [1.29, 1.82) is 0 Å². The van der Waals surface area contributed by atoms with Gasteiger partial charge in [0, 0.05) is 17.4 Å². The van der Waals surface area contributed by atoms with Crippen LogP contribution in [0.2, 0.25) is 0 Å². The van der Waals surface area contributed by atoms with Crippen LogP contribution in [0.3, 0.4) is 0 Å². The van der Waals surface area contributed by atoms with Gasteiger partial charge in [-0.05, 0) is 46.8 Å². The summed E-state index contributed by atoms with van der Waals surface area (Å²) in [7, 11) is 2.06. The fourth-order valence-corrected chi connectivity index (χ4v) is 5.95. The number of halogens is 2. The van der Waals surface area contributed by atoms with Gasteiger partial charge in [-0.15, -0.1) is 0 Å². The molecule has 2 unspecified atom stereocenters. The van der Waals surface area contributed by atoms with Crippen LogP contribution in [0.4, 0.5) is 13.6 Å². The van der Waals surface area contributed by atoms with Gasteiger partial charge in [-0.25, -0.2) is 13.6 Å². The Balaban J connectivity index is 1.40. The van der Waals surface area contributed by atoms with Crippen LogP contribution < -0.4 is 5.32 Å². The first-order valence-corrected chi connectivity index (χ1v) is 12.2. The molecule has 0 saturated carbocycles. The smallest absolute Gasteiger partial charge is 0.319 e. The number of hydrogen-bond acceptors (Lipinski definition) is 3. The molecule has 0 bridgehead atoms. The van der Waals surface area contributed by atoms with Crippen LogP contribution in [0.25, 0.3) is 0 Å². The van der Waals surface area contributed by atoms with Gasteiger partial charge in [0.1, 0.15) is 23.7 Å². The van der Waals surface area contributed by atoms with Crippen LogP contribution in [0, 0.1) is 11.6 Å². The zero-order valence-electron chi connectivity index (χ0n) is 18.8. The second kappa shape index (κ2) is 8.60. The number of nitrogens with zero attached hydrogens (tertiary/aromatic N) is 2. The maximum Gasteiger partial charge on any atom is 0.319 e. The molecule has 0 aliphatic carbocycles. The van der Waals surface area contributed by atoms with Crippen molar-refractivity contribution in [1.82, 2.24) is 10.2 Å². The monoisotopic (exact) mass is 482 g/mol. The van der Waals surface area contributed by atoms with Gasteiger partial charge < -0.3 is 14.7 Å². The molecule has 1 aromatic heterocycles. The number of thiophene rings is 1. The van der Waals surface area contributed by atoms with E-state index in [2.05, 4.69) is 12.4 Å². The lowest BCUT2D eigenvalue weighted by Crippen LogP contribution is -2.49. The Morgan fingerprint density at radius 3 is 2.26 bits per heavy atom. The number of rotatable bonds is 6. The third-order valence-electron chi connectivity index (χ3n) is 7.13. The largest absolute Gasteiger partial charge is 0.323 e. The highest BCUT2D eigenvalue weighted by molar-refractivity contribution is 7.08. The molecule has 176 valence electrons. The standard InChI is InChI=1S/C26H25F2N3O2S/c1-31(15-24(32)18-11-13-34-16-18)12-10-23(14-31)30-17-26(29-25(30)33,19-2-6-21(27)7-3-19)20-4-8-22(28)9-5-20/h2-9,11,13,16,23H,10,12,14-15,17H2,1H3/p+1. The molecule has 8 heteroatoms. The molecule has 5 nitrogen and oxygen atoms in total. The molecule has 3 heterocycles. The fourth-order valence-electron chi connectivity index (χ4n) is 5.29. The highest BCUT2D eigenvalue weighted by Gasteiger charge is 2.50. The SMILES string of the molecule is C[N+]1(CC(=O)c2ccsc2)CCC(N2CC(c3ccc(F)cc3)(c3ccc(F)cc3)NC2=O)C1. The van der Waals surface area contributed by atoms with E-state index in [1.165, 1.54) is 35.6 Å². The topological polar surface area (TPSA) is 49.4 Å². The number of benzene rings is 2. The lowest BCUT2D eigenvalue weighted by atomic mass is 9.83. The first kappa shape index (κ1) is 22.7. The van der Waals surface area contributed by atoms with Gasteiger partial charge in [-0.1, -0.05) is 24.3 Å². The van der Waals surface area contributed by atoms with E-state index in [1.54, 1.807) is 24.3 Å². The molecule has 2 fully saturated rings. The van der Waals surface area contributed by atoms with E-state index >= 15 is 0 Å². The molecule has 0 radical (unpaired) electrons. The van der Waals surface area contributed by atoms with Crippen LogP contribution >= 0.6 is 11.3 Å². The molecule has 2 saturated heterocycles. The summed E-state index contributed by atoms with van der Waals surface area (Å²) < 4.78 is 27.9. The highest BCUT2D eigenvalue weighted by Crippen LogP contribution is 2.37. The summed E-state index contributed by atoms with van der Waals surface area (Å²) in [6.07, 6.45) is 0.782. The number of carbonyl (C=O) groups is 2. The van der Waals surface area contributed by atoms with E-state index in [9.17, 15) is 18.4 Å². The lowest BCUT2D eigenvalue weighted by Gasteiger charge is -2.32. The first-order valence-electron chi connectivity index (χ1n) is 11.3. The second-order valence-electron chi connectivity index (χ2n) is 9.54. The van der Waals surface area contributed by atoms with Crippen molar-refractivity contribution >= 4 is 23.2 Å². The molecule has 0 spiro atoms. The quantitative estimate of drug-likeness (QED) is 0.418. The molecular formula is C26H26F2N3O2S+. The average molecular weight is 483 g/mol. The van der Waals surface area contributed by atoms with Crippen LogP contribution in [-0.2, 0) is 5.54 Å². The van der Waals surface area contributed by atoms with E-state index in [0.29, 0.717) is 24.1 Å². The van der Waals surface area contributed by atoms with E-state index in [1.807, 2.05) is 21.7 Å². The number of amides is 2. The Morgan fingerprint density at radius 2 is 1.71 bits per heavy atom. The molecule has 2 aliphatic heterocycles. The number of likely N-dealkylation sites (N-methyl/N-ethyl adjacent to an activating group) is 1. The van der Waals surface area contributed by atoms with Crippen LogP contribution in [0.5, 0.6) is 0 Å². The molecular weight excluding hydrogens is 456 g/mol. The maximum atomic E-state index is 13.7. The molecule has 2 aliphatic rings. The molecule has 2 atom stereocenters. The molecule has 34 heavy (non-hydrogen) atoms. The molecule has 1 N–H and O–H groups in total. The summed E-state index contributed by atoms with van der Waals surface area (Å²) in [5.41, 5.74) is 1.29. The number of hydrogen-bond donors (Lipinski definition) is 1. The number of likely N-dealkylation sites (tertiary alicyclic amines) is 1. The Labute approximate surface area is 201 Å². The fraction of sp³-hybridized carbons (Fsp3) is 0.308. The minimum atomic E-state index is -0.920. The second-order valence-corrected chi connectivity index (χ2v) is 10.3. The Hall–Kier alpha value is -3.10. The van der Waals surface area contributed by atoms with E-state index in [0.717, 1.165) is 29.7 Å². The predicted octanol–water partition coefficient (Wildman–Crippen LogP) is 4.40. The minimum absolute atomic E-state index is 0.0388. The van der Waals surface area contributed by atoms with Gasteiger partial charge in [-0.2, -0.15) is 11.3 Å². The van der Waals surface area contributed by atoms with Gasteiger partial charge in [0.2, 0.25) is 5.78 Å². The number of quaternary nitrogens is 1. The predicted molar refractivity (Wildman–Crippen MR) is 127 cm³/mol. The van der Waals surface area contributed by atoms with E-state index < -0.39 is 5.54 Å². The summed E-state index contributed by atoms with van der Waals surface area (Å²) in [6.45, 7) is 2.20. The highest BCUT2D eigenvalue weighted by atomic mass is 32.1. The molecule has 3 aromatic rings. The van der Waals surface area contributed by atoms with E-state index in [4.69, 9.17) is 0 Å². The lowest BCUT2D eigenvalue weighted by molar-refractivity contribution is -0.890. The van der Waals surface area contributed by atoms with Crippen LogP contribution in [0.15, 0.2) is 65.4 Å². The van der Waals surface area contributed by atoms with E-state index in [-0.39, 0.29) is 29.5 Å². The first-order chi connectivity index (χ1) is 16.3. The van der Waals surface area contributed by atoms with Gasteiger partial charge >= 0.3 is 6.03 Å². The third kappa shape index (κ3) is 4.12. The Morgan fingerprint density at radius 1 is 1.09 bits per heavy atom. The Bertz CT molecular complexity index is 1150. The summed E-state index contributed by atoms with van der Waals surface area (Å²) in [4.78, 5) is 27.8. The number of ketones is 1. The molecule has 2 aromatic carbocycles. The number of carbonyl (C=O) groups excluding carboxylic acids is 2.